The summed E-state index contributed by atoms with van der Waals surface area (Å²) in [5, 5.41) is 3.57. The fourth-order valence-corrected chi connectivity index (χ4v) is 1.96. The highest BCUT2D eigenvalue weighted by Crippen LogP contribution is 1.93. The smallest absolute Gasteiger partial charge is 0.0945 e. The van der Waals surface area contributed by atoms with Crippen molar-refractivity contribution in [2.45, 2.75) is 39.8 Å². The highest BCUT2D eigenvalue weighted by atomic mass is 15.1. The van der Waals surface area contributed by atoms with Crippen molar-refractivity contribution in [3.63, 3.8) is 0 Å². The Balaban J connectivity index is 2.05. The number of nitrogens with one attached hydrogen (secondary N) is 1. The minimum absolute atomic E-state index is 0.567. The van der Waals surface area contributed by atoms with E-state index in [1.54, 1.807) is 0 Å². The first-order valence-corrected chi connectivity index (χ1v) is 6.67. The van der Waals surface area contributed by atoms with Gasteiger partial charge in [-0.2, -0.15) is 0 Å². The van der Waals surface area contributed by atoms with E-state index in [2.05, 4.69) is 40.5 Å². The van der Waals surface area contributed by atoms with Crippen molar-refractivity contribution in [2.24, 2.45) is 0 Å². The van der Waals surface area contributed by atoms with Crippen LogP contribution in [0.3, 0.4) is 0 Å². The van der Waals surface area contributed by atoms with E-state index >= 15 is 0 Å². The molecule has 0 aliphatic carbocycles. The Kier molecular flexibility index (Phi) is 6.89. The number of aromatic nitrogens is 2. The summed E-state index contributed by atoms with van der Waals surface area (Å²) in [5.74, 6) is 0. The summed E-state index contributed by atoms with van der Waals surface area (Å²) in [4.78, 5) is 6.49. The van der Waals surface area contributed by atoms with E-state index in [4.69, 9.17) is 0 Å². The molecule has 98 valence electrons. The van der Waals surface area contributed by atoms with Crippen LogP contribution < -0.4 is 5.32 Å². The molecule has 0 spiro atoms. The normalized spacial score (nSPS) is 13.2. The highest BCUT2D eigenvalue weighted by molar-refractivity contribution is 4.74. The summed E-state index contributed by atoms with van der Waals surface area (Å²) >= 11 is 0. The van der Waals surface area contributed by atoms with Crippen LogP contribution in [0.4, 0.5) is 0 Å². The monoisotopic (exact) mass is 238 g/mol. The second-order valence-corrected chi connectivity index (χ2v) is 4.50. The molecule has 0 saturated carbocycles. The van der Waals surface area contributed by atoms with Gasteiger partial charge in [0, 0.05) is 31.5 Å². The molecule has 0 bridgehead atoms. The topological polar surface area (TPSA) is 33.1 Å². The Bertz CT molecular complexity index is 267. The molecule has 0 amide bonds. The maximum absolute atomic E-state index is 4.03. The Hall–Kier alpha value is -0.870. The summed E-state index contributed by atoms with van der Waals surface area (Å²) in [6.45, 7) is 12.2. The molecular formula is C13H26N4. The maximum Gasteiger partial charge on any atom is 0.0945 e. The van der Waals surface area contributed by atoms with Gasteiger partial charge in [-0.3, -0.25) is 0 Å². The molecule has 0 fully saturated rings. The van der Waals surface area contributed by atoms with E-state index in [0.717, 1.165) is 39.1 Å². The Morgan fingerprint density at radius 3 is 2.71 bits per heavy atom. The van der Waals surface area contributed by atoms with E-state index in [1.165, 1.54) is 0 Å². The van der Waals surface area contributed by atoms with Crippen LogP contribution in [0.5, 0.6) is 0 Å². The van der Waals surface area contributed by atoms with E-state index in [0.29, 0.717) is 6.04 Å². The third kappa shape index (κ3) is 5.84. The van der Waals surface area contributed by atoms with Gasteiger partial charge >= 0.3 is 0 Å². The van der Waals surface area contributed by atoms with Gasteiger partial charge in [-0.25, -0.2) is 4.98 Å². The fourth-order valence-electron chi connectivity index (χ4n) is 1.96. The van der Waals surface area contributed by atoms with Gasteiger partial charge < -0.3 is 14.8 Å². The number of hydrogen-bond donors (Lipinski definition) is 1. The van der Waals surface area contributed by atoms with Crippen LogP contribution in [0.25, 0.3) is 0 Å². The quantitative estimate of drug-likeness (QED) is 0.663. The zero-order chi connectivity index (χ0) is 12.5. The summed E-state index contributed by atoms with van der Waals surface area (Å²) in [6, 6.07) is 0.567. The van der Waals surface area contributed by atoms with E-state index < -0.39 is 0 Å². The Morgan fingerprint density at radius 1 is 1.35 bits per heavy atom. The van der Waals surface area contributed by atoms with Gasteiger partial charge in [-0.1, -0.05) is 13.8 Å². The molecule has 4 nitrogen and oxygen atoms in total. The zero-order valence-electron chi connectivity index (χ0n) is 11.4. The molecule has 1 N–H and O–H groups in total. The van der Waals surface area contributed by atoms with Gasteiger partial charge in [0.15, 0.2) is 0 Å². The predicted molar refractivity (Wildman–Crippen MR) is 72.1 cm³/mol. The number of nitrogens with zero attached hydrogens (tertiary/aromatic N) is 3. The molecule has 1 heterocycles. The zero-order valence-corrected chi connectivity index (χ0v) is 11.4. The largest absolute Gasteiger partial charge is 0.337 e. The summed E-state index contributed by atoms with van der Waals surface area (Å²) < 4.78 is 2.12. The van der Waals surface area contributed by atoms with Crippen LogP contribution in [0.2, 0.25) is 0 Å². The number of likely N-dealkylation sites (N-methyl/N-ethyl adjacent to an activating group) is 1. The number of imidazole rings is 1. The molecule has 4 heteroatoms. The third-order valence-electron chi connectivity index (χ3n) is 3.07. The minimum atomic E-state index is 0.567. The van der Waals surface area contributed by atoms with Crippen LogP contribution in [0.15, 0.2) is 18.7 Å². The lowest BCUT2D eigenvalue weighted by molar-refractivity contribution is 0.270. The van der Waals surface area contributed by atoms with Crippen LogP contribution in [0.1, 0.15) is 27.2 Å². The number of rotatable bonds is 9. The Morgan fingerprint density at radius 2 is 2.12 bits per heavy atom. The lowest BCUT2D eigenvalue weighted by Gasteiger charge is -2.23. The van der Waals surface area contributed by atoms with Gasteiger partial charge in [-0.15, -0.1) is 0 Å². The molecule has 0 aliphatic heterocycles. The molecule has 0 radical (unpaired) electrons. The molecule has 1 unspecified atom stereocenters. The van der Waals surface area contributed by atoms with Crippen molar-refractivity contribution >= 4 is 0 Å². The van der Waals surface area contributed by atoms with Gasteiger partial charge in [0.2, 0.25) is 0 Å². The molecule has 0 aromatic carbocycles. The van der Waals surface area contributed by atoms with Crippen LogP contribution in [-0.2, 0) is 6.54 Å². The van der Waals surface area contributed by atoms with Crippen molar-refractivity contribution in [1.29, 1.82) is 0 Å². The summed E-state index contributed by atoms with van der Waals surface area (Å²) in [5.41, 5.74) is 0. The van der Waals surface area contributed by atoms with Gasteiger partial charge in [0.1, 0.15) is 0 Å². The standard InChI is InChI=1S/C13H26N4/c1-4-16(5-2)11-13(3)15-7-6-9-17-10-8-14-12-17/h8,10,12-13,15H,4-7,9,11H2,1-3H3. The average Bonchev–Trinajstić information content (AvgIpc) is 2.84. The molecule has 1 aromatic heterocycles. The van der Waals surface area contributed by atoms with E-state index in [9.17, 15) is 0 Å². The minimum Gasteiger partial charge on any atom is -0.337 e. The molecular weight excluding hydrogens is 212 g/mol. The highest BCUT2D eigenvalue weighted by Gasteiger charge is 2.05. The first-order chi connectivity index (χ1) is 8.26. The lowest BCUT2D eigenvalue weighted by atomic mass is 10.3. The van der Waals surface area contributed by atoms with Crippen molar-refractivity contribution in [2.75, 3.05) is 26.2 Å². The van der Waals surface area contributed by atoms with Crippen LogP contribution in [0, 0.1) is 0 Å². The van der Waals surface area contributed by atoms with Gasteiger partial charge in [0.05, 0.1) is 6.33 Å². The molecule has 1 atom stereocenters. The first kappa shape index (κ1) is 14.2. The Labute approximate surface area is 105 Å². The maximum atomic E-state index is 4.03. The van der Waals surface area contributed by atoms with E-state index in [1.807, 2.05) is 18.7 Å². The number of hydrogen-bond acceptors (Lipinski definition) is 3. The van der Waals surface area contributed by atoms with Gasteiger partial charge in [0.25, 0.3) is 0 Å². The van der Waals surface area contributed by atoms with E-state index in [-0.39, 0.29) is 0 Å². The first-order valence-electron chi connectivity index (χ1n) is 6.67. The molecule has 0 saturated heterocycles. The van der Waals surface area contributed by atoms with Crippen molar-refractivity contribution in [3.05, 3.63) is 18.7 Å². The second-order valence-electron chi connectivity index (χ2n) is 4.50. The average molecular weight is 238 g/mol. The SMILES string of the molecule is CCN(CC)CC(C)NCCCn1ccnc1. The fraction of sp³-hybridized carbons (Fsp3) is 0.769. The molecule has 1 aromatic rings. The molecule has 17 heavy (non-hydrogen) atoms. The van der Waals surface area contributed by atoms with Crippen molar-refractivity contribution in [3.8, 4) is 0 Å². The van der Waals surface area contributed by atoms with Crippen LogP contribution >= 0.6 is 0 Å². The lowest BCUT2D eigenvalue weighted by Crippen LogP contribution is -2.39. The number of aryl methyl sites for hydroxylation is 1. The van der Waals surface area contributed by atoms with Crippen molar-refractivity contribution in [1.82, 2.24) is 19.8 Å². The summed E-state index contributed by atoms with van der Waals surface area (Å²) in [6.07, 6.45) is 6.87. The predicted octanol–water partition coefficient (Wildman–Crippen LogP) is 1.59. The summed E-state index contributed by atoms with van der Waals surface area (Å²) in [7, 11) is 0. The third-order valence-corrected chi connectivity index (χ3v) is 3.07. The van der Waals surface area contributed by atoms with Crippen LogP contribution in [-0.4, -0.2) is 46.7 Å². The van der Waals surface area contributed by atoms with Crippen molar-refractivity contribution < 1.29 is 0 Å². The van der Waals surface area contributed by atoms with Gasteiger partial charge in [-0.05, 0) is 33.0 Å². The molecule has 0 aliphatic rings. The second kappa shape index (κ2) is 8.25. The molecule has 1 rings (SSSR count).